The number of thiazole rings is 1. The number of halogens is 1. The number of carbonyl (C=O) groups excluding carboxylic acids is 5. The minimum atomic E-state index is -1.03. The SMILES string of the molecule is Cc1ncsc1-c1ccc(CNC(=O)C2C[C@@H](O)CN2C(=O)[C@@H](NC(=O)CCOCCOCCOCCOCCOCCC(=O)N2CCN(CC[C@H](NC(=O)C3(N)CCN(c4ncnc5[nH]ccc45)CC3)c3ccc(Cl)cc3)CC2)C(C)(C)C)cc1. The molecule has 25 heteroatoms. The summed E-state index contributed by atoms with van der Waals surface area (Å²) in [6, 6.07) is 15.3. The van der Waals surface area contributed by atoms with E-state index in [9.17, 15) is 29.1 Å². The smallest absolute Gasteiger partial charge is 0.246 e. The molecule has 7 N–H and O–H groups in total. The summed E-state index contributed by atoms with van der Waals surface area (Å²) in [6.07, 6.45) is 4.53. The number of rotatable bonds is 31. The lowest BCUT2D eigenvalue weighted by Gasteiger charge is -2.39. The Labute approximate surface area is 512 Å². The molecule has 3 fully saturated rings. The first kappa shape index (κ1) is 65.8. The van der Waals surface area contributed by atoms with Crippen molar-refractivity contribution >= 4 is 69.3 Å². The standard InChI is InChI=1S/C61H85ClN12O11S/c1-42-53(86-41-68-42)45-7-5-43(6-8-45)38-65-57(78)50-37-47(75)39-74(50)58(79)54(60(2,3)4)70-51(76)15-27-81-29-31-83-33-35-85-36-34-84-32-30-82-28-16-52(77)72-25-23-71(24-26-72)20-14-49(44-9-11-46(62)12-10-44)69-59(80)61(63)17-21-73(22-18-61)56-48-13-19-64-55(48)66-40-67-56/h5-13,19,40-41,47,49-50,54,75H,14-18,20-39,63H2,1-4H3,(H,65,78)(H,69,80)(H,70,76)(H,64,66,67)/t47-,49+,50?,54-/m1/s1. The van der Waals surface area contributed by atoms with Crippen LogP contribution >= 0.6 is 22.9 Å². The Morgan fingerprint density at radius 2 is 1.43 bits per heavy atom. The van der Waals surface area contributed by atoms with Crippen LogP contribution in [0.15, 0.2) is 72.6 Å². The van der Waals surface area contributed by atoms with Crippen molar-refractivity contribution in [2.45, 2.75) is 103 Å². The molecule has 0 spiro atoms. The number of carbonyl (C=O) groups is 5. The van der Waals surface area contributed by atoms with Crippen LogP contribution in [-0.2, 0) is 54.2 Å². The van der Waals surface area contributed by atoms with E-state index in [4.69, 9.17) is 41.0 Å². The van der Waals surface area contributed by atoms with Gasteiger partial charge >= 0.3 is 0 Å². The quantitative estimate of drug-likeness (QED) is 0.0335. The normalized spacial score (nSPS) is 18.1. The van der Waals surface area contributed by atoms with Crippen molar-refractivity contribution in [3.8, 4) is 10.4 Å². The first-order valence-corrected chi connectivity index (χ1v) is 31.0. The number of piperazine rings is 1. The highest BCUT2D eigenvalue weighted by Gasteiger charge is 2.45. The van der Waals surface area contributed by atoms with Gasteiger partial charge < -0.3 is 70.2 Å². The zero-order valence-electron chi connectivity index (χ0n) is 49.9. The van der Waals surface area contributed by atoms with E-state index in [2.05, 4.69) is 45.7 Å². The van der Waals surface area contributed by atoms with Gasteiger partial charge in [0.15, 0.2) is 0 Å². The Kier molecular flexibility index (Phi) is 24.6. The number of hydrogen-bond acceptors (Lipinski definition) is 18. The molecule has 1 unspecified atom stereocenters. The number of amides is 5. The minimum Gasteiger partial charge on any atom is -0.391 e. The highest BCUT2D eigenvalue weighted by molar-refractivity contribution is 7.13. The van der Waals surface area contributed by atoms with Gasteiger partial charge in [0, 0.05) is 83.0 Å². The number of piperidine rings is 1. The molecule has 8 rings (SSSR count). The van der Waals surface area contributed by atoms with Crippen LogP contribution in [0.3, 0.4) is 0 Å². The molecule has 5 amide bonds. The predicted octanol–water partition coefficient (Wildman–Crippen LogP) is 4.41. The molecule has 2 aromatic carbocycles. The van der Waals surface area contributed by atoms with Crippen molar-refractivity contribution < 1.29 is 52.8 Å². The molecule has 23 nitrogen and oxygen atoms in total. The number of nitrogens with zero attached hydrogens (tertiary/aromatic N) is 7. The highest BCUT2D eigenvalue weighted by Crippen LogP contribution is 2.31. The fraction of sp³-hybridized carbons (Fsp3) is 0.574. The second kappa shape index (κ2) is 32.2. The third-order valence-corrected chi connectivity index (χ3v) is 17.1. The van der Waals surface area contributed by atoms with Crippen LogP contribution < -0.4 is 26.6 Å². The van der Waals surface area contributed by atoms with Crippen molar-refractivity contribution in [2.24, 2.45) is 11.1 Å². The van der Waals surface area contributed by atoms with Crippen molar-refractivity contribution in [1.82, 2.24) is 50.6 Å². The summed E-state index contributed by atoms with van der Waals surface area (Å²) >= 11 is 7.81. The number of aryl methyl sites for hydroxylation is 1. The fourth-order valence-corrected chi connectivity index (χ4v) is 11.7. The van der Waals surface area contributed by atoms with E-state index in [1.54, 1.807) is 17.7 Å². The van der Waals surface area contributed by atoms with Crippen LogP contribution in [0.25, 0.3) is 21.5 Å². The third kappa shape index (κ3) is 18.9. The molecule has 3 aromatic heterocycles. The van der Waals surface area contributed by atoms with Crippen LogP contribution in [0.4, 0.5) is 5.82 Å². The number of nitrogens with two attached hydrogens (primary N) is 1. The first-order valence-electron chi connectivity index (χ1n) is 29.8. The Balaban J connectivity index is 0.615. The third-order valence-electron chi connectivity index (χ3n) is 15.9. The fourth-order valence-electron chi connectivity index (χ4n) is 10.8. The van der Waals surface area contributed by atoms with Gasteiger partial charge in [-0.15, -0.1) is 11.3 Å². The topological polar surface area (TPSA) is 281 Å². The summed E-state index contributed by atoms with van der Waals surface area (Å²) in [5.41, 5.74) is 11.6. The number of ether oxygens (including phenoxy) is 5. The van der Waals surface area contributed by atoms with Gasteiger partial charge in [0.1, 0.15) is 29.9 Å². The van der Waals surface area contributed by atoms with Crippen LogP contribution in [0.1, 0.15) is 82.2 Å². The van der Waals surface area contributed by atoms with E-state index in [-0.39, 0.29) is 75.2 Å². The summed E-state index contributed by atoms with van der Waals surface area (Å²) in [6.45, 7) is 15.5. The van der Waals surface area contributed by atoms with Gasteiger partial charge in [0.25, 0.3) is 0 Å². The Hall–Kier alpha value is -6.19. The zero-order valence-corrected chi connectivity index (χ0v) is 51.5. The maximum absolute atomic E-state index is 14.0. The van der Waals surface area contributed by atoms with Gasteiger partial charge in [-0.3, -0.25) is 28.9 Å². The molecule has 0 aliphatic carbocycles. The van der Waals surface area contributed by atoms with E-state index >= 15 is 0 Å². The van der Waals surface area contributed by atoms with E-state index in [1.807, 2.05) is 98.9 Å². The first-order chi connectivity index (χ1) is 41.5. The van der Waals surface area contributed by atoms with Crippen LogP contribution in [0.5, 0.6) is 0 Å². The second-order valence-electron chi connectivity index (χ2n) is 23.2. The van der Waals surface area contributed by atoms with Crippen molar-refractivity contribution in [3.63, 3.8) is 0 Å². The average Bonchev–Trinajstić information content (AvgIpc) is 4.31. The lowest BCUT2D eigenvalue weighted by atomic mass is 9.85. The van der Waals surface area contributed by atoms with E-state index < -0.39 is 35.0 Å². The highest BCUT2D eigenvalue weighted by atomic mass is 35.5. The number of aliphatic hydroxyl groups is 1. The molecule has 3 aliphatic heterocycles. The number of fused-ring (bicyclic) bond motifs is 1. The number of H-pyrrole nitrogens is 1. The number of aliphatic hydroxyl groups excluding tert-OH is 1. The van der Waals surface area contributed by atoms with Crippen molar-refractivity contribution in [3.05, 3.63) is 94.5 Å². The molecule has 0 saturated carbocycles. The molecule has 4 atom stereocenters. The number of benzene rings is 2. The van der Waals surface area contributed by atoms with Gasteiger partial charge in [0.05, 0.1) is 112 Å². The maximum Gasteiger partial charge on any atom is 0.246 e. The summed E-state index contributed by atoms with van der Waals surface area (Å²) in [5, 5.41) is 21.2. The van der Waals surface area contributed by atoms with Gasteiger partial charge in [-0.25, -0.2) is 15.0 Å². The molecule has 468 valence electrons. The van der Waals surface area contributed by atoms with E-state index in [0.29, 0.717) is 103 Å². The largest absolute Gasteiger partial charge is 0.391 e. The Morgan fingerprint density at radius 3 is 2.05 bits per heavy atom. The summed E-state index contributed by atoms with van der Waals surface area (Å²) < 4.78 is 28.1. The van der Waals surface area contributed by atoms with E-state index in [1.165, 1.54) is 4.90 Å². The Bertz CT molecular complexity index is 2970. The lowest BCUT2D eigenvalue weighted by Crippen LogP contribution is -2.60. The second-order valence-corrected chi connectivity index (χ2v) is 24.5. The predicted molar refractivity (Wildman–Crippen MR) is 327 cm³/mol. The molecular weight excluding hydrogens is 1140 g/mol. The molecule has 86 heavy (non-hydrogen) atoms. The molecule has 3 aliphatic rings. The van der Waals surface area contributed by atoms with Crippen molar-refractivity contribution in [1.29, 1.82) is 0 Å². The molecule has 6 heterocycles. The molecule has 0 radical (unpaired) electrons. The zero-order chi connectivity index (χ0) is 61.1. The molecule has 0 bridgehead atoms. The minimum absolute atomic E-state index is 0.0127. The number of β-amino-alcohol motifs (C(OH)–C–C–N with tert-alkyl or cyclic N) is 1. The monoisotopic (exact) mass is 1230 g/mol. The Morgan fingerprint density at radius 1 is 0.802 bits per heavy atom. The van der Waals surface area contributed by atoms with Crippen molar-refractivity contribution in [2.75, 3.05) is 123 Å². The lowest BCUT2D eigenvalue weighted by molar-refractivity contribution is -0.144. The number of anilines is 1. The molecular formula is C61H85ClN12O11S. The van der Waals surface area contributed by atoms with Gasteiger partial charge in [-0.1, -0.05) is 68.8 Å². The molecule has 5 aromatic rings. The number of nitrogens with one attached hydrogen (secondary N) is 4. The summed E-state index contributed by atoms with van der Waals surface area (Å²) in [4.78, 5) is 92.6. The number of hydrogen-bond donors (Lipinski definition) is 6. The van der Waals surface area contributed by atoms with Gasteiger partial charge in [-0.05, 0) is 66.5 Å². The average molecular weight is 1230 g/mol. The summed E-state index contributed by atoms with van der Waals surface area (Å²) in [7, 11) is 0. The number of aromatic amines is 1. The van der Waals surface area contributed by atoms with Gasteiger partial charge in [0.2, 0.25) is 29.5 Å². The van der Waals surface area contributed by atoms with Crippen LogP contribution in [0.2, 0.25) is 5.02 Å². The maximum atomic E-state index is 14.0. The van der Waals surface area contributed by atoms with Gasteiger partial charge in [-0.2, -0.15) is 0 Å². The number of aromatic nitrogens is 4. The van der Waals surface area contributed by atoms with Crippen LogP contribution in [0, 0.1) is 12.3 Å². The number of likely N-dealkylation sites (tertiary alicyclic amines) is 1. The van der Waals surface area contributed by atoms with Crippen LogP contribution in [-0.4, -0.2) is 211 Å². The van der Waals surface area contributed by atoms with E-state index in [0.717, 1.165) is 63.7 Å². The molecule has 3 saturated heterocycles. The summed E-state index contributed by atoms with van der Waals surface area (Å²) in [5.74, 6) is -0.459.